The van der Waals surface area contributed by atoms with Crippen LogP contribution in [0.4, 0.5) is 4.79 Å². The summed E-state index contributed by atoms with van der Waals surface area (Å²) in [5.74, 6) is -0.560. The average Bonchev–Trinajstić information content (AvgIpc) is 2.79. The number of carbonyl (C=O) groups is 3. The highest BCUT2D eigenvalue weighted by Crippen LogP contribution is 2.25. The largest absolute Gasteiger partial charge is 0.338 e. The quantitative estimate of drug-likeness (QED) is 0.504. The van der Waals surface area contributed by atoms with Crippen LogP contribution in [0.15, 0.2) is 22.7 Å². The molecule has 0 saturated carbocycles. The van der Waals surface area contributed by atoms with E-state index in [-0.39, 0.29) is 24.4 Å². The first kappa shape index (κ1) is 19.4. The van der Waals surface area contributed by atoms with Crippen molar-refractivity contribution < 1.29 is 14.4 Å². The second-order valence-electron chi connectivity index (χ2n) is 6.14. The summed E-state index contributed by atoms with van der Waals surface area (Å²) in [7, 11) is 3.97. The molecule has 0 bridgehead atoms. The van der Waals surface area contributed by atoms with Crippen molar-refractivity contribution in [3.8, 4) is 0 Å². The summed E-state index contributed by atoms with van der Waals surface area (Å²) in [5.41, 5.74) is 0.853. The number of hydrogen-bond acceptors (Lipinski definition) is 4. The number of fused-ring (bicyclic) bond motifs is 1. The summed E-state index contributed by atoms with van der Waals surface area (Å²) in [6, 6.07) is 4.83. The van der Waals surface area contributed by atoms with Crippen molar-refractivity contribution in [2.45, 2.75) is 12.8 Å². The van der Waals surface area contributed by atoms with Gasteiger partial charge in [0.15, 0.2) is 0 Å². The Morgan fingerprint density at radius 2 is 1.72 bits per heavy atom. The molecule has 136 valence electrons. The number of hydrogen-bond donors (Lipinski definition) is 2. The molecule has 1 aromatic rings. The number of rotatable bonds is 8. The van der Waals surface area contributed by atoms with Crippen molar-refractivity contribution in [2.24, 2.45) is 0 Å². The molecule has 1 heterocycles. The summed E-state index contributed by atoms with van der Waals surface area (Å²) in [6.07, 6.45) is 1.39. The highest BCUT2D eigenvalue weighted by molar-refractivity contribution is 9.10. The van der Waals surface area contributed by atoms with E-state index in [1.807, 2.05) is 14.1 Å². The van der Waals surface area contributed by atoms with Crippen molar-refractivity contribution in [1.82, 2.24) is 20.4 Å². The molecule has 1 aliphatic rings. The zero-order valence-electron chi connectivity index (χ0n) is 14.5. The average molecular weight is 411 g/mol. The van der Waals surface area contributed by atoms with Gasteiger partial charge in [0.2, 0.25) is 0 Å². The fourth-order valence-corrected chi connectivity index (χ4v) is 2.93. The summed E-state index contributed by atoms with van der Waals surface area (Å²) >= 11 is 3.31. The van der Waals surface area contributed by atoms with Crippen LogP contribution in [-0.2, 0) is 0 Å². The van der Waals surface area contributed by atoms with Crippen LogP contribution in [0.3, 0.4) is 0 Å². The molecule has 0 unspecified atom stereocenters. The Morgan fingerprint density at radius 3 is 2.40 bits per heavy atom. The van der Waals surface area contributed by atoms with Crippen molar-refractivity contribution >= 4 is 33.8 Å². The highest BCUT2D eigenvalue weighted by atomic mass is 79.9. The van der Waals surface area contributed by atoms with Crippen molar-refractivity contribution in [1.29, 1.82) is 0 Å². The van der Waals surface area contributed by atoms with Crippen LogP contribution >= 0.6 is 15.9 Å². The van der Waals surface area contributed by atoms with Gasteiger partial charge in [-0.25, -0.2) is 4.79 Å². The molecule has 2 N–H and O–H groups in total. The Labute approximate surface area is 155 Å². The monoisotopic (exact) mass is 410 g/mol. The Bertz CT molecular complexity index is 663. The van der Waals surface area contributed by atoms with Gasteiger partial charge in [0, 0.05) is 24.1 Å². The van der Waals surface area contributed by atoms with Crippen LogP contribution < -0.4 is 10.6 Å². The third kappa shape index (κ3) is 5.27. The molecule has 0 saturated heterocycles. The fraction of sp³-hybridized carbons (Fsp3) is 0.471. The van der Waals surface area contributed by atoms with E-state index in [0.29, 0.717) is 30.6 Å². The molecule has 0 radical (unpaired) electrons. The molecule has 0 aromatic heterocycles. The number of urea groups is 1. The number of imide groups is 1. The van der Waals surface area contributed by atoms with Gasteiger partial charge in [0.1, 0.15) is 0 Å². The Balaban J connectivity index is 1.70. The minimum absolute atomic E-state index is 0.231. The van der Waals surface area contributed by atoms with Crippen LogP contribution in [0.2, 0.25) is 0 Å². The van der Waals surface area contributed by atoms with Gasteiger partial charge in [0.05, 0.1) is 11.1 Å². The Kier molecular flexibility index (Phi) is 6.95. The van der Waals surface area contributed by atoms with Crippen molar-refractivity contribution in [3.05, 3.63) is 33.8 Å². The molecular formula is C17H23BrN4O3. The smallest absolute Gasteiger partial charge is 0.314 e. The van der Waals surface area contributed by atoms with Gasteiger partial charge < -0.3 is 15.5 Å². The summed E-state index contributed by atoms with van der Waals surface area (Å²) < 4.78 is 0.766. The first-order chi connectivity index (χ1) is 11.9. The van der Waals surface area contributed by atoms with Crippen LogP contribution in [0.5, 0.6) is 0 Å². The van der Waals surface area contributed by atoms with Gasteiger partial charge in [-0.3, -0.25) is 14.5 Å². The third-order valence-electron chi connectivity index (χ3n) is 3.84. The fourth-order valence-electron chi connectivity index (χ4n) is 2.56. The molecule has 0 spiro atoms. The van der Waals surface area contributed by atoms with Crippen LogP contribution in [0, 0.1) is 0 Å². The van der Waals surface area contributed by atoms with Gasteiger partial charge in [0.25, 0.3) is 11.8 Å². The molecule has 4 amide bonds. The predicted molar refractivity (Wildman–Crippen MR) is 98.7 cm³/mol. The van der Waals surface area contributed by atoms with Crippen LogP contribution in [0.1, 0.15) is 33.6 Å². The molecule has 0 atom stereocenters. The van der Waals surface area contributed by atoms with Crippen molar-refractivity contribution in [3.63, 3.8) is 0 Å². The van der Waals surface area contributed by atoms with Gasteiger partial charge in [-0.05, 0) is 51.7 Å². The summed E-state index contributed by atoms with van der Waals surface area (Å²) in [4.78, 5) is 39.5. The molecule has 1 aromatic carbocycles. The van der Waals surface area contributed by atoms with Gasteiger partial charge in [-0.15, -0.1) is 0 Å². The second kappa shape index (κ2) is 8.96. The van der Waals surface area contributed by atoms with Crippen LogP contribution in [-0.4, -0.2) is 67.9 Å². The van der Waals surface area contributed by atoms with Crippen LogP contribution in [0.25, 0.3) is 0 Å². The topological polar surface area (TPSA) is 81.8 Å². The molecule has 1 aliphatic heterocycles. The summed E-state index contributed by atoms with van der Waals surface area (Å²) in [5, 5.41) is 5.51. The zero-order chi connectivity index (χ0) is 18.4. The highest BCUT2D eigenvalue weighted by Gasteiger charge is 2.34. The molecule has 0 fully saturated rings. The number of benzene rings is 1. The van der Waals surface area contributed by atoms with E-state index in [9.17, 15) is 14.4 Å². The molecule has 2 rings (SSSR count). The van der Waals surface area contributed by atoms with Gasteiger partial charge >= 0.3 is 6.03 Å². The minimum Gasteiger partial charge on any atom is -0.338 e. The second-order valence-corrected chi connectivity index (χ2v) is 7.06. The van der Waals surface area contributed by atoms with Crippen molar-refractivity contribution in [2.75, 3.05) is 40.3 Å². The zero-order valence-corrected chi connectivity index (χ0v) is 16.1. The van der Waals surface area contributed by atoms with E-state index >= 15 is 0 Å². The van der Waals surface area contributed by atoms with E-state index in [4.69, 9.17) is 0 Å². The normalized spacial score (nSPS) is 13.4. The SMILES string of the molecule is CN(C)CCCNC(=O)NCCCN1C(=O)c2ccc(Br)cc2C1=O. The number of halogens is 1. The van der Waals surface area contributed by atoms with E-state index in [1.54, 1.807) is 18.2 Å². The first-order valence-corrected chi connectivity index (χ1v) is 9.01. The molecule has 0 aliphatic carbocycles. The van der Waals surface area contributed by atoms with E-state index < -0.39 is 0 Å². The van der Waals surface area contributed by atoms with Gasteiger partial charge in [-0.1, -0.05) is 15.9 Å². The maximum Gasteiger partial charge on any atom is 0.314 e. The number of amides is 4. The molecule has 25 heavy (non-hydrogen) atoms. The first-order valence-electron chi connectivity index (χ1n) is 8.22. The molecule has 8 heteroatoms. The molecular weight excluding hydrogens is 388 g/mol. The summed E-state index contributed by atoms with van der Waals surface area (Å²) in [6.45, 7) is 2.20. The Morgan fingerprint density at radius 1 is 1.08 bits per heavy atom. The van der Waals surface area contributed by atoms with E-state index in [2.05, 4.69) is 31.5 Å². The number of carbonyl (C=O) groups excluding carboxylic acids is 3. The maximum absolute atomic E-state index is 12.3. The maximum atomic E-state index is 12.3. The number of nitrogens with zero attached hydrogens (tertiary/aromatic N) is 2. The molecule has 7 nitrogen and oxygen atoms in total. The number of nitrogens with one attached hydrogen (secondary N) is 2. The van der Waals surface area contributed by atoms with E-state index in [1.165, 1.54) is 4.90 Å². The standard InChI is InChI=1S/C17H23BrN4O3/c1-21(2)9-3-7-19-17(25)20-8-4-10-22-15(23)13-6-5-12(18)11-14(13)16(22)24/h5-6,11H,3-4,7-10H2,1-2H3,(H2,19,20,25). The minimum atomic E-state index is -0.283. The Hall–Kier alpha value is -1.93. The predicted octanol–water partition coefficient (Wildman–Crippen LogP) is 1.69. The lowest BCUT2D eigenvalue weighted by Crippen LogP contribution is -2.39. The third-order valence-corrected chi connectivity index (χ3v) is 4.34. The van der Waals surface area contributed by atoms with Gasteiger partial charge in [-0.2, -0.15) is 0 Å². The lowest BCUT2D eigenvalue weighted by atomic mass is 10.1. The lowest BCUT2D eigenvalue weighted by Gasteiger charge is -2.14. The van der Waals surface area contributed by atoms with E-state index in [0.717, 1.165) is 17.4 Å². The lowest BCUT2D eigenvalue weighted by molar-refractivity contribution is 0.0653.